The molecule has 184 valence electrons. The Bertz CT molecular complexity index is 1030. The van der Waals surface area contributed by atoms with Crippen molar-refractivity contribution < 1.29 is 53.4 Å². The van der Waals surface area contributed by atoms with Crippen molar-refractivity contribution in [3.63, 3.8) is 0 Å². The number of hydrogen-bond donors (Lipinski definition) is 3. The van der Waals surface area contributed by atoms with Gasteiger partial charge in [-0.1, -0.05) is 12.1 Å². The molecule has 0 saturated heterocycles. The Kier molecular flexibility index (Phi) is 6.87. The number of aliphatic hydroxyl groups excluding tert-OH is 1. The molecule has 2 aliphatic carbocycles. The maximum Gasteiger partial charge on any atom is 0.337 e. The molecule has 6 atom stereocenters. The Morgan fingerprint density at radius 3 is 1.76 bits per heavy atom. The van der Waals surface area contributed by atoms with E-state index in [1.54, 1.807) is 0 Å². The van der Waals surface area contributed by atoms with Crippen LogP contribution in [0.5, 0.6) is 5.75 Å². The number of benzene rings is 1. The molecule has 11 nitrogen and oxygen atoms in total. The highest BCUT2D eigenvalue weighted by Gasteiger charge is 2.71. The van der Waals surface area contributed by atoms with Crippen LogP contribution in [0.3, 0.4) is 0 Å². The average molecular weight is 478 g/mol. The largest absolute Gasteiger partial charge is 0.511 e. The van der Waals surface area contributed by atoms with E-state index in [0.29, 0.717) is 5.56 Å². The quantitative estimate of drug-likeness (QED) is 0.400. The molecule has 3 rings (SSSR count). The number of aliphatic hydroxyl groups is 2. The van der Waals surface area contributed by atoms with Gasteiger partial charge in [-0.05, 0) is 24.1 Å². The normalized spacial score (nSPS) is 30.2. The van der Waals surface area contributed by atoms with Crippen LogP contribution in [0, 0.1) is 23.7 Å². The molecular formula is C23H26O11. The van der Waals surface area contributed by atoms with Crippen LogP contribution < -0.4 is 0 Å². The number of fused-ring (bicyclic) bond motifs is 2. The summed E-state index contributed by atoms with van der Waals surface area (Å²) in [7, 11) is 4.17. The van der Waals surface area contributed by atoms with Crippen LogP contribution in [0.25, 0.3) is 0 Å². The van der Waals surface area contributed by atoms with Gasteiger partial charge in [0.1, 0.15) is 23.0 Å². The number of aromatic hydroxyl groups is 1. The molecule has 0 aliphatic heterocycles. The number of rotatable bonds is 5. The molecule has 1 unspecified atom stereocenters. The molecule has 0 heterocycles. The summed E-state index contributed by atoms with van der Waals surface area (Å²) in [5.41, 5.74) is -2.54. The number of hydrogen-bond acceptors (Lipinski definition) is 11. The lowest BCUT2D eigenvalue weighted by Crippen LogP contribution is -2.68. The topological polar surface area (TPSA) is 166 Å². The van der Waals surface area contributed by atoms with Crippen LogP contribution in [0.1, 0.15) is 17.9 Å². The molecule has 1 aromatic carbocycles. The zero-order valence-electron chi connectivity index (χ0n) is 19.0. The maximum absolute atomic E-state index is 13.1. The molecule has 2 bridgehead atoms. The minimum atomic E-state index is -2.60. The van der Waals surface area contributed by atoms with Crippen molar-refractivity contribution in [1.29, 1.82) is 0 Å². The van der Waals surface area contributed by atoms with E-state index < -0.39 is 70.4 Å². The van der Waals surface area contributed by atoms with E-state index in [0.717, 1.165) is 28.4 Å². The molecule has 34 heavy (non-hydrogen) atoms. The summed E-state index contributed by atoms with van der Waals surface area (Å²) in [4.78, 5) is 51.6. The monoisotopic (exact) mass is 478 g/mol. The lowest BCUT2D eigenvalue weighted by atomic mass is 9.49. The average Bonchev–Trinajstić information content (AvgIpc) is 2.82. The van der Waals surface area contributed by atoms with Gasteiger partial charge in [-0.2, -0.15) is 0 Å². The summed E-state index contributed by atoms with van der Waals surface area (Å²) in [5.74, 6) is -12.4. The van der Waals surface area contributed by atoms with Crippen molar-refractivity contribution in [2.45, 2.75) is 17.9 Å². The number of phenols is 1. The van der Waals surface area contributed by atoms with Crippen molar-refractivity contribution in [3.05, 3.63) is 41.2 Å². The number of carbonyl (C=O) groups is 4. The number of ether oxygens (including phenoxy) is 4. The third-order valence-electron chi connectivity index (χ3n) is 6.77. The van der Waals surface area contributed by atoms with Crippen molar-refractivity contribution >= 4 is 23.9 Å². The Morgan fingerprint density at radius 2 is 1.29 bits per heavy atom. The number of methoxy groups -OCH3 is 4. The van der Waals surface area contributed by atoms with Gasteiger partial charge in [-0.3, -0.25) is 14.4 Å². The molecule has 11 heteroatoms. The molecule has 0 spiro atoms. The minimum Gasteiger partial charge on any atom is -0.511 e. The lowest BCUT2D eigenvalue weighted by molar-refractivity contribution is -0.208. The first kappa shape index (κ1) is 25.0. The van der Waals surface area contributed by atoms with E-state index in [9.17, 15) is 34.5 Å². The highest BCUT2D eigenvalue weighted by atomic mass is 16.5. The van der Waals surface area contributed by atoms with Gasteiger partial charge in [0.25, 0.3) is 0 Å². The standard InChI is InChI=1S/C23H26O11/c1-31-19(26)14-13-9-12(10-5-7-11(24)8-6-10)15(20(27)32-2)23(30,16(13)21(28)33-3)17(18(14)25)22(29)34-4/h5-8,12-13,15-17,24-25,30H,9H2,1-4H3/t12-,13-,15-,16-,17?,23-/m1/s1. The van der Waals surface area contributed by atoms with Gasteiger partial charge in [0.15, 0.2) is 0 Å². The first-order valence-electron chi connectivity index (χ1n) is 10.3. The number of carbonyl (C=O) groups excluding carboxylic acids is 4. The van der Waals surface area contributed by atoms with Gasteiger partial charge in [-0.15, -0.1) is 0 Å². The summed E-state index contributed by atoms with van der Waals surface area (Å²) in [6.45, 7) is 0. The van der Waals surface area contributed by atoms with E-state index in [1.807, 2.05) is 0 Å². The van der Waals surface area contributed by atoms with Crippen LogP contribution in [0.2, 0.25) is 0 Å². The predicted molar refractivity (Wildman–Crippen MR) is 112 cm³/mol. The van der Waals surface area contributed by atoms with Crippen LogP contribution in [-0.4, -0.2) is 73.2 Å². The molecule has 0 aromatic heterocycles. The van der Waals surface area contributed by atoms with E-state index in [4.69, 9.17) is 18.9 Å². The lowest BCUT2D eigenvalue weighted by Gasteiger charge is -2.55. The highest BCUT2D eigenvalue weighted by molar-refractivity contribution is 5.96. The van der Waals surface area contributed by atoms with Gasteiger partial charge < -0.3 is 34.3 Å². The summed E-state index contributed by atoms with van der Waals surface area (Å²) >= 11 is 0. The third kappa shape index (κ3) is 3.65. The fourth-order valence-corrected chi connectivity index (χ4v) is 5.39. The van der Waals surface area contributed by atoms with Crippen molar-refractivity contribution in [1.82, 2.24) is 0 Å². The molecule has 0 amide bonds. The van der Waals surface area contributed by atoms with Crippen molar-refractivity contribution in [2.75, 3.05) is 28.4 Å². The smallest absolute Gasteiger partial charge is 0.337 e. The van der Waals surface area contributed by atoms with Gasteiger partial charge in [-0.25, -0.2) is 4.79 Å². The zero-order valence-corrected chi connectivity index (χ0v) is 19.0. The van der Waals surface area contributed by atoms with Gasteiger partial charge in [0.2, 0.25) is 0 Å². The van der Waals surface area contributed by atoms with E-state index in [-0.39, 0.29) is 12.2 Å². The Balaban J connectivity index is 2.40. The first-order valence-corrected chi connectivity index (χ1v) is 10.3. The van der Waals surface area contributed by atoms with Gasteiger partial charge >= 0.3 is 23.9 Å². The van der Waals surface area contributed by atoms with Gasteiger partial charge in [0, 0.05) is 11.8 Å². The minimum absolute atomic E-state index is 0.0549. The van der Waals surface area contributed by atoms with Crippen LogP contribution in [-0.2, 0) is 38.1 Å². The predicted octanol–water partition coefficient (Wildman–Crippen LogP) is 0.593. The Labute approximate surface area is 194 Å². The van der Waals surface area contributed by atoms with Crippen molar-refractivity contribution in [2.24, 2.45) is 23.7 Å². The number of phenolic OH excluding ortho intramolecular Hbond substituents is 1. The zero-order chi connectivity index (χ0) is 25.4. The molecule has 3 N–H and O–H groups in total. The fraction of sp³-hybridized carbons (Fsp3) is 0.478. The third-order valence-corrected chi connectivity index (χ3v) is 6.77. The van der Waals surface area contributed by atoms with Crippen LogP contribution in [0.15, 0.2) is 35.6 Å². The fourth-order valence-electron chi connectivity index (χ4n) is 5.39. The Morgan fingerprint density at radius 1 is 0.794 bits per heavy atom. The highest BCUT2D eigenvalue weighted by Crippen LogP contribution is 2.60. The van der Waals surface area contributed by atoms with E-state index in [1.165, 1.54) is 24.3 Å². The molecule has 1 fully saturated rings. The maximum atomic E-state index is 13.1. The molecule has 0 radical (unpaired) electrons. The Hall–Kier alpha value is -3.60. The second kappa shape index (κ2) is 9.34. The molecule has 2 aliphatic rings. The molecular weight excluding hydrogens is 452 g/mol. The molecule has 1 aromatic rings. The summed E-state index contributed by atoms with van der Waals surface area (Å²) in [5, 5.41) is 32.8. The second-order valence-corrected chi connectivity index (χ2v) is 8.18. The summed E-state index contributed by atoms with van der Waals surface area (Å²) in [6.07, 6.45) is -0.102. The molecule has 1 saturated carbocycles. The summed E-state index contributed by atoms with van der Waals surface area (Å²) in [6, 6.07) is 5.73. The second-order valence-electron chi connectivity index (χ2n) is 8.18. The van der Waals surface area contributed by atoms with Gasteiger partial charge in [0.05, 0.1) is 45.8 Å². The van der Waals surface area contributed by atoms with Crippen LogP contribution in [0.4, 0.5) is 0 Å². The van der Waals surface area contributed by atoms with Crippen molar-refractivity contribution in [3.8, 4) is 5.75 Å². The number of esters is 4. The van der Waals surface area contributed by atoms with E-state index in [2.05, 4.69) is 0 Å². The van der Waals surface area contributed by atoms with Crippen LogP contribution >= 0.6 is 0 Å². The SMILES string of the molecule is COC(=O)C1=C(O)C(C(=O)OC)[C@]2(O)[C@@H](C(=O)OC)[C@@H]1C[C@H](c1ccc(O)cc1)[C@@H]2C(=O)OC. The first-order chi connectivity index (χ1) is 16.1. The summed E-state index contributed by atoms with van der Waals surface area (Å²) < 4.78 is 19.4. The van der Waals surface area contributed by atoms with E-state index >= 15 is 0 Å².